The summed E-state index contributed by atoms with van der Waals surface area (Å²) in [6, 6.07) is 0. The van der Waals surface area contributed by atoms with Gasteiger partial charge in [0.2, 0.25) is 0 Å². The monoisotopic (exact) mass is 346 g/mol. The number of hydrogen-bond acceptors (Lipinski definition) is 0. The Balaban J connectivity index is 3.29. The van der Waals surface area contributed by atoms with Crippen LogP contribution in [-0.2, 0) is 0 Å². The van der Waals surface area contributed by atoms with Crippen molar-refractivity contribution in [1.82, 2.24) is 0 Å². The molecule has 50 valence electrons. The van der Waals surface area contributed by atoms with Crippen molar-refractivity contribution in [3.63, 3.8) is 0 Å². The lowest BCUT2D eigenvalue weighted by molar-refractivity contribution is 0.212. The molecule has 0 rings (SSSR count). The quantitative estimate of drug-likeness (QED) is 0.544. The van der Waals surface area contributed by atoms with Crippen molar-refractivity contribution in [2.75, 3.05) is 8.86 Å². The molecular weight excluding hydrogens is 340 g/mol. The van der Waals surface area contributed by atoms with Crippen molar-refractivity contribution in [1.29, 1.82) is 0 Å². The Morgan fingerprint density at radius 1 is 1.00 bits per heavy atom. The lowest BCUT2D eigenvalue weighted by Crippen LogP contribution is -2.19. The lowest BCUT2D eigenvalue weighted by Gasteiger charge is -2.05. The van der Waals surface area contributed by atoms with Crippen LogP contribution in [0.2, 0.25) is 0 Å². The number of alkyl halides is 4. The molecule has 0 aromatic carbocycles. The first-order valence-electron chi connectivity index (χ1n) is 2.12. The van der Waals surface area contributed by atoms with Crippen LogP contribution in [-0.4, -0.2) is 21.2 Å². The van der Waals surface area contributed by atoms with Gasteiger partial charge in [0.05, 0.1) is 0 Å². The first kappa shape index (κ1) is 9.32. The summed E-state index contributed by atoms with van der Waals surface area (Å²) in [4.78, 5) is 0. The predicted molar refractivity (Wildman–Crippen MR) is 47.6 cm³/mol. The molecule has 0 heterocycles. The van der Waals surface area contributed by atoms with Gasteiger partial charge in [0.25, 0.3) is 0 Å². The standard InChI is InChI=1S/C4H6F2I2/c5-3(1-7)4(6)2-8/h3-4H,1-2H2. The zero-order chi connectivity index (χ0) is 6.57. The van der Waals surface area contributed by atoms with E-state index < -0.39 is 12.3 Å². The molecule has 0 aliphatic carbocycles. The minimum atomic E-state index is -1.27. The molecule has 0 nitrogen and oxygen atoms in total. The zero-order valence-electron chi connectivity index (χ0n) is 4.08. The molecule has 0 aliphatic rings. The molecule has 0 spiro atoms. The second kappa shape index (κ2) is 5.13. The first-order valence-corrected chi connectivity index (χ1v) is 5.17. The number of hydrogen-bond donors (Lipinski definition) is 0. The van der Waals surface area contributed by atoms with E-state index in [-0.39, 0.29) is 8.86 Å². The van der Waals surface area contributed by atoms with E-state index in [0.717, 1.165) is 0 Å². The van der Waals surface area contributed by atoms with Gasteiger partial charge >= 0.3 is 0 Å². The Labute approximate surface area is 74.7 Å². The average molecular weight is 346 g/mol. The van der Waals surface area contributed by atoms with E-state index in [0.29, 0.717) is 0 Å². The number of rotatable bonds is 3. The van der Waals surface area contributed by atoms with Crippen LogP contribution in [0.1, 0.15) is 0 Å². The molecule has 0 radical (unpaired) electrons. The van der Waals surface area contributed by atoms with Crippen molar-refractivity contribution in [2.24, 2.45) is 0 Å². The highest BCUT2D eigenvalue weighted by Gasteiger charge is 2.16. The largest absolute Gasteiger partial charge is 0.243 e. The fraction of sp³-hybridized carbons (Fsp3) is 1.00. The maximum atomic E-state index is 12.1. The van der Waals surface area contributed by atoms with Crippen LogP contribution >= 0.6 is 45.2 Å². The maximum absolute atomic E-state index is 12.1. The molecule has 0 bridgehead atoms. The summed E-state index contributed by atoms with van der Waals surface area (Å²) < 4.78 is 24.8. The average Bonchev–Trinajstić information content (AvgIpc) is 1.84. The van der Waals surface area contributed by atoms with Crippen LogP contribution in [0.3, 0.4) is 0 Å². The zero-order valence-corrected chi connectivity index (χ0v) is 8.40. The van der Waals surface area contributed by atoms with Gasteiger partial charge in [0.15, 0.2) is 0 Å². The van der Waals surface area contributed by atoms with Crippen molar-refractivity contribution < 1.29 is 8.78 Å². The van der Waals surface area contributed by atoms with Gasteiger partial charge in [-0.3, -0.25) is 0 Å². The van der Waals surface area contributed by atoms with Gasteiger partial charge in [-0.1, -0.05) is 45.2 Å². The molecular formula is C4H6F2I2. The maximum Gasteiger partial charge on any atom is 0.141 e. The van der Waals surface area contributed by atoms with Crippen molar-refractivity contribution in [3.8, 4) is 0 Å². The van der Waals surface area contributed by atoms with Gasteiger partial charge < -0.3 is 0 Å². The number of halogens is 4. The van der Waals surface area contributed by atoms with Crippen LogP contribution in [0.25, 0.3) is 0 Å². The Hall–Kier alpha value is 1.32. The molecule has 8 heavy (non-hydrogen) atoms. The minimum Gasteiger partial charge on any atom is -0.243 e. The highest BCUT2D eigenvalue weighted by atomic mass is 127. The molecule has 0 saturated carbocycles. The normalized spacial score (nSPS) is 18.0. The van der Waals surface area contributed by atoms with Gasteiger partial charge in [-0.15, -0.1) is 0 Å². The summed E-state index contributed by atoms with van der Waals surface area (Å²) in [6.45, 7) is 0. The summed E-state index contributed by atoms with van der Waals surface area (Å²) in [5.74, 6) is 0. The van der Waals surface area contributed by atoms with Gasteiger partial charge in [0.1, 0.15) is 12.3 Å². The SMILES string of the molecule is FC(CI)C(F)CI. The Kier molecular flexibility index (Phi) is 5.98. The first-order chi connectivity index (χ1) is 3.72. The molecule has 2 unspecified atom stereocenters. The van der Waals surface area contributed by atoms with Gasteiger partial charge in [0, 0.05) is 8.86 Å². The van der Waals surface area contributed by atoms with Crippen LogP contribution in [0, 0.1) is 0 Å². The third-order valence-corrected chi connectivity index (χ3v) is 2.37. The minimum absolute atomic E-state index is 0.252. The summed E-state index contributed by atoms with van der Waals surface area (Å²) in [7, 11) is 0. The van der Waals surface area contributed by atoms with Gasteiger partial charge in [-0.25, -0.2) is 8.78 Å². The molecule has 4 heteroatoms. The van der Waals surface area contributed by atoms with Crippen molar-refractivity contribution in [2.45, 2.75) is 12.3 Å². The molecule has 2 atom stereocenters. The van der Waals surface area contributed by atoms with Crippen LogP contribution in [0.15, 0.2) is 0 Å². The van der Waals surface area contributed by atoms with Crippen LogP contribution in [0.5, 0.6) is 0 Å². The third kappa shape index (κ3) is 3.37. The van der Waals surface area contributed by atoms with E-state index in [1.54, 1.807) is 0 Å². The highest BCUT2D eigenvalue weighted by Crippen LogP contribution is 2.09. The van der Waals surface area contributed by atoms with Gasteiger partial charge in [-0.05, 0) is 0 Å². The highest BCUT2D eigenvalue weighted by molar-refractivity contribution is 14.1. The van der Waals surface area contributed by atoms with E-state index in [1.807, 2.05) is 45.2 Å². The van der Waals surface area contributed by atoms with E-state index in [9.17, 15) is 8.78 Å². The molecule has 0 aliphatic heterocycles. The van der Waals surface area contributed by atoms with Crippen LogP contribution in [0.4, 0.5) is 8.78 Å². The van der Waals surface area contributed by atoms with Crippen molar-refractivity contribution in [3.05, 3.63) is 0 Å². The fourth-order valence-electron chi connectivity index (χ4n) is 0.193. The summed E-state index contributed by atoms with van der Waals surface area (Å²) in [6.07, 6.45) is -2.54. The van der Waals surface area contributed by atoms with Crippen LogP contribution < -0.4 is 0 Å². The Bertz CT molecular complexity index is 52.0. The summed E-state index contributed by atoms with van der Waals surface area (Å²) in [5.41, 5.74) is 0. The lowest BCUT2D eigenvalue weighted by atomic mass is 10.3. The molecule has 0 N–H and O–H groups in total. The fourth-order valence-corrected chi connectivity index (χ4v) is 1.30. The second-order valence-electron chi connectivity index (χ2n) is 1.34. The summed E-state index contributed by atoms with van der Waals surface area (Å²) >= 11 is 3.67. The predicted octanol–water partition coefficient (Wildman–Crippen LogP) is 2.53. The smallest absolute Gasteiger partial charge is 0.141 e. The third-order valence-electron chi connectivity index (χ3n) is 0.687. The van der Waals surface area contributed by atoms with E-state index in [1.165, 1.54) is 0 Å². The van der Waals surface area contributed by atoms with E-state index in [2.05, 4.69) is 0 Å². The van der Waals surface area contributed by atoms with E-state index in [4.69, 9.17) is 0 Å². The molecule has 0 aromatic heterocycles. The van der Waals surface area contributed by atoms with Gasteiger partial charge in [-0.2, -0.15) is 0 Å². The molecule has 0 aromatic rings. The Morgan fingerprint density at radius 3 is 1.38 bits per heavy atom. The van der Waals surface area contributed by atoms with Crippen molar-refractivity contribution >= 4 is 45.2 Å². The molecule has 0 amide bonds. The topological polar surface area (TPSA) is 0 Å². The molecule has 0 saturated heterocycles. The molecule has 0 fully saturated rings. The Morgan fingerprint density at radius 2 is 1.25 bits per heavy atom. The summed E-state index contributed by atoms with van der Waals surface area (Å²) in [5, 5.41) is 0. The van der Waals surface area contributed by atoms with E-state index >= 15 is 0 Å². The second-order valence-corrected chi connectivity index (χ2v) is 3.10.